The lowest BCUT2D eigenvalue weighted by Gasteiger charge is -2.29. The maximum atomic E-state index is 4.45. The molecule has 0 amide bonds. The number of hydrogen-bond acceptors (Lipinski definition) is 4. The van der Waals surface area contributed by atoms with Gasteiger partial charge in [-0.3, -0.25) is 0 Å². The molecule has 5 nitrogen and oxygen atoms in total. The van der Waals surface area contributed by atoms with Gasteiger partial charge >= 0.3 is 0 Å². The molecule has 2 aliphatic rings. The molecule has 0 radical (unpaired) electrons. The Labute approximate surface area is 188 Å². The number of hydrogen-bond donors (Lipinski definition) is 0. The van der Waals surface area contributed by atoms with Crippen LogP contribution < -0.4 is 9.80 Å². The van der Waals surface area contributed by atoms with Crippen molar-refractivity contribution in [3.05, 3.63) is 109 Å². The van der Waals surface area contributed by atoms with Crippen molar-refractivity contribution >= 4 is 22.7 Å². The first-order chi connectivity index (χ1) is 15.8. The van der Waals surface area contributed by atoms with Gasteiger partial charge in [-0.15, -0.1) is 0 Å². The number of para-hydroxylation sites is 1. The third-order valence-electron chi connectivity index (χ3n) is 6.27. The molecule has 0 fully saturated rings. The van der Waals surface area contributed by atoms with Gasteiger partial charge in [0, 0.05) is 48.9 Å². The van der Waals surface area contributed by atoms with Crippen molar-refractivity contribution < 1.29 is 0 Å². The number of anilines is 4. The van der Waals surface area contributed by atoms with E-state index >= 15 is 0 Å². The second-order valence-corrected chi connectivity index (χ2v) is 8.41. The summed E-state index contributed by atoms with van der Waals surface area (Å²) in [5, 5.41) is 4.45. The molecule has 0 bridgehead atoms. The second-order valence-electron chi connectivity index (χ2n) is 8.41. The van der Waals surface area contributed by atoms with Gasteiger partial charge in [0.15, 0.2) is 0 Å². The predicted molar refractivity (Wildman–Crippen MR) is 130 cm³/mol. The van der Waals surface area contributed by atoms with Crippen LogP contribution in [0.25, 0.3) is 5.69 Å². The van der Waals surface area contributed by atoms with Gasteiger partial charge in [-0.25, -0.2) is 4.68 Å². The standard InChI is InChI=1S/C27H25N5/c1-29-16-17-30(20-29)23-7-4-8-25(18-23)32-26-9-3-2-6-21(26)10-11-22-12-13-24(19-27(22)32)31-15-5-14-28-31/h2-9,12-19H,10-11,20H2,1H3. The summed E-state index contributed by atoms with van der Waals surface area (Å²) >= 11 is 0. The zero-order valence-corrected chi connectivity index (χ0v) is 18.1. The summed E-state index contributed by atoms with van der Waals surface area (Å²) in [4.78, 5) is 6.87. The van der Waals surface area contributed by atoms with Gasteiger partial charge in [0.25, 0.3) is 0 Å². The minimum absolute atomic E-state index is 0.861. The van der Waals surface area contributed by atoms with Crippen LogP contribution in [0.1, 0.15) is 11.1 Å². The van der Waals surface area contributed by atoms with E-state index in [1.54, 1.807) is 0 Å². The van der Waals surface area contributed by atoms with Crippen molar-refractivity contribution in [3.63, 3.8) is 0 Å². The quantitative estimate of drug-likeness (QED) is 0.431. The van der Waals surface area contributed by atoms with Crippen molar-refractivity contribution in [3.8, 4) is 5.69 Å². The van der Waals surface area contributed by atoms with E-state index in [4.69, 9.17) is 0 Å². The van der Waals surface area contributed by atoms with Gasteiger partial charge < -0.3 is 14.7 Å². The second kappa shape index (κ2) is 7.61. The summed E-state index contributed by atoms with van der Waals surface area (Å²) in [6.07, 6.45) is 10.1. The molecule has 3 heterocycles. The summed E-state index contributed by atoms with van der Waals surface area (Å²) in [5.41, 5.74) is 8.61. The molecular weight excluding hydrogens is 394 g/mol. The maximum absolute atomic E-state index is 4.45. The van der Waals surface area contributed by atoms with E-state index in [0.717, 1.165) is 25.2 Å². The van der Waals surface area contributed by atoms with Crippen molar-refractivity contribution in [2.45, 2.75) is 12.8 Å². The first-order valence-corrected chi connectivity index (χ1v) is 11.0. The molecule has 0 spiro atoms. The Bertz CT molecular complexity index is 1290. The van der Waals surface area contributed by atoms with Crippen LogP contribution in [-0.2, 0) is 12.8 Å². The minimum Gasteiger partial charge on any atom is -0.361 e. The summed E-state index contributed by atoms with van der Waals surface area (Å²) in [6.45, 7) is 0.861. The Balaban J connectivity index is 1.52. The van der Waals surface area contributed by atoms with Gasteiger partial charge in [0.05, 0.1) is 18.0 Å². The lowest BCUT2D eigenvalue weighted by molar-refractivity contribution is 0.496. The highest BCUT2D eigenvalue weighted by atomic mass is 15.3. The van der Waals surface area contributed by atoms with Crippen LogP contribution in [0.4, 0.5) is 22.7 Å². The third-order valence-corrected chi connectivity index (χ3v) is 6.27. The summed E-state index contributed by atoms with van der Waals surface area (Å²) in [6, 6.07) is 26.2. The Hall–Kier alpha value is -3.99. The molecule has 6 rings (SSSR count). The summed E-state index contributed by atoms with van der Waals surface area (Å²) in [5.74, 6) is 0. The molecule has 3 aromatic carbocycles. The van der Waals surface area contributed by atoms with E-state index in [1.165, 1.54) is 33.9 Å². The largest absolute Gasteiger partial charge is 0.361 e. The highest BCUT2D eigenvalue weighted by Crippen LogP contribution is 2.43. The zero-order chi connectivity index (χ0) is 21.5. The Morgan fingerprint density at radius 3 is 2.38 bits per heavy atom. The van der Waals surface area contributed by atoms with Crippen molar-refractivity contribution in [2.75, 3.05) is 23.5 Å². The Morgan fingerprint density at radius 2 is 1.56 bits per heavy atom. The molecule has 0 atom stereocenters. The molecule has 2 aliphatic heterocycles. The number of aryl methyl sites for hydroxylation is 2. The Morgan fingerprint density at radius 1 is 0.719 bits per heavy atom. The Kier molecular flexibility index (Phi) is 4.46. The van der Waals surface area contributed by atoms with E-state index < -0.39 is 0 Å². The highest BCUT2D eigenvalue weighted by molar-refractivity contribution is 5.83. The van der Waals surface area contributed by atoms with Crippen molar-refractivity contribution in [1.29, 1.82) is 0 Å². The monoisotopic (exact) mass is 419 g/mol. The fraction of sp³-hybridized carbons (Fsp3) is 0.148. The van der Waals surface area contributed by atoms with Crippen LogP contribution in [0.3, 0.4) is 0 Å². The fourth-order valence-electron chi connectivity index (χ4n) is 4.66. The van der Waals surface area contributed by atoms with E-state index in [-0.39, 0.29) is 0 Å². The smallest absolute Gasteiger partial charge is 0.0938 e. The SMILES string of the molecule is CN1C=CN(c2cccc(N3c4ccccc4CCc4ccc(-n5cccn5)cc43)c2)C1. The number of fused-ring (bicyclic) bond motifs is 2. The summed E-state index contributed by atoms with van der Waals surface area (Å²) < 4.78 is 1.93. The van der Waals surface area contributed by atoms with E-state index in [0.29, 0.717) is 0 Å². The van der Waals surface area contributed by atoms with Crippen LogP contribution in [0.5, 0.6) is 0 Å². The molecule has 0 N–H and O–H groups in total. The normalized spacial score (nSPS) is 15.0. The average Bonchev–Trinajstić information content (AvgIpc) is 3.48. The molecule has 5 heteroatoms. The van der Waals surface area contributed by atoms with Crippen LogP contribution in [0, 0.1) is 0 Å². The molecule has 0 saturated heterocycles. The number of nitrogens with zero attached hydrogens (tertiary/aromatic N) is 5. The van der Waals surface area contributed by atoms with Crippen molar-refractivity contribution in [2.24, 2.45) is 0 Å². The van der Waals surface area contributed by atoms with Gasteiger partial charge in [-0.05, 0) is 66.4 Å². The van der Waals surface area contributed by atoms with Gasteiger partial charge in [0.1, 0.15) is 0 Å². The minimum atomic E-state index is 0.861. The molecule has 1 aromatic heterocycles. The van der Waals surface area contributed by atoms with Gasteiger partial charge in [0.2, 0.25) is 0 Å². The van der Waals surface area contributed by atoms with Gasteiger partial charge in [-0.2, -0.15) is 5.10 Å². The highest BCUT2D eigenvalue weighted by Gasteiger charge is 2.23. The molecule has 0 unspecified atom stereocenters. The molecule has 0 aliphatic carbocycles. The lowest BCUT2D eigenvalue weighted by Crippen LogP contribution is -2.22. The molecule has 32 heavy (non-hydrogen) atoms. The lowest BCUT2D eigenvalue weighted by atomic mass is 10.0. The fourth-order valence-corrected chi connectivity index (χ4v) is 4.66. The van der Waals surface area contributed by atoms with E-state index in [2.05, 4.69) is 106 Å². The zero-order valence-electron chi connectivity index (χ0n) is 18.1. The average molecular weight is 420 g/mol. The summed E-state index contributed by atoms with van der Waals surface area (Å²) in [7, 11) is 2.10. The van der Waals surface area contributed by atoms with Crippen LogP contribution >= 0.6 is 0 Å². The number of benzene rings is 3. The number of rotatable bonds is 3. The molecule has 0 saturated carbocycles. The predicted octanol–water partition coefficient (Wildman–Crippen LogP) is 5.62. The molecule has 4 aromatic rings. The van der Waals surface area contributed by atoms with Crippen molar-refractivity contribution in [1.82, 2.24) is 14.7 Å². The number of aromatic nitrogens is 2. The topological polar surface area (TPSA) is 27.5 Å². The van der Waals surface area contributed by atoms with E-state index in [9.17, 15) is 0 Å². The first kappa shape index (κ1) is 18.8. The maximum Gasteiger partial charge on any atom is 0.0938 e. The molecule has 158 valence electrons. The third kappa shape index (κ3) is 3.23. The van der Waals surface area contributed by atoms with Crippen LogP contribution in [0.2, 0.25) is 0 Å². The molecular formula is C27H25N5. The van der Waals surface area contributed by atoms with E-state index in [1.807, 2.05) is 23.1 Å². The first-order valence-electron chi connectivity index (χ1n) is 11.0. The van der Waals surface area contributed by atoms with Crippen LogP contribution in [0.15, 0.2) is 97.6 Å². The van der Waals surface area contributed by atoms with Crippen LogP contribution in [-0.4, -0.2) is 28.4 Å². The van der Waals surface area contributed by atoms with Gasteiger partial charge in [-0.1, -0.05) is 30.3 Å².